The van der Waals surface area contributed by atoms with E-state index in [4.69, 9.17) is 4.74 Å². The van der Waals surface area contributed by atoms with Gasteiger partial charge in [-0.15, -0.1) is 0 Å². The van der Waals surface area contributed by atoms with Crippen molar-refractivity contribution in [1.82, 2.24) is 9.97 Å². The van der Waals surface area contributed by atoms with Gasteiger partial charge in [0.05, 0.1) is 19.0 Å². The van der Waals surface area contributed by atoms with Crippen molar-refractivity contribution in [2.24, 2.45) is 0 Å². The fourth-order valence-corrected chi connectivity index (χ4v) is 1.84. The van der Waals surface area contributed by atoms with Crippen LogP contribution < -0.4 is 10.1 Å². The summed E-state index contributed by atoms with van der Waals surface area (Å²) in [6.45, 7) is 0. The third kappa shape index (κ3) is 2.04. The fraction of sp³-hybridized carbons (Fsp3) is 0.182. The Balaban J connectivity index is 2.49. The van der Waals surface area contributed by atoms with Gasteiger partial charge in [0, 0.05) is 17.1 Å². The SMILES string of the molecule is CNc1ncc(-c2cc(Br)ccc2OC)[nH]1. The summed E-state index contributed by atoms with van der Waals surface area (Å²) in [5, 5.41) is 2.95. The zero-order chi connectivity index (χ0) is 11.5. The van der Waals surface area contributed by atoms with E-state index in [1.54, 1.807) is 13.3 Å². The Bertz CT molecular complexity index is 496. The molecule has 5 heteroatoms. The van der Waals surface area contributed by atoms with Crippen LogP contribution in [0.4, 0.5) is 5.95 Å². The van der Waals surface area contributed by atoms with Crippen molar-refractivity contribution in [2.45, 2.75) is 0 Å². The van der Waals surface area contributed by atoms with Crippen molar-refractivity contribution in [1.29, 1.82) is 0 Å². The maximum absolute atomic E-state index is 5.31. The molecule has 0 saturated heterocycles. The van der Waals surface area contributed by atoms with Crippen LogP contribution in [-0.4, -0.2) is 24.1 Å². The first-order valence-electron chi connectivity index (χ1n) is 4.81. The lowest BCUT2D eigenvalue weighted by molar-refractivity contribution is 0.416. The Morgan fingerprint density at radius 3 is 2.88 bits per heavy atom. The van der Waals surface area contributed by atoms with Crippen LogP contribution in [-0.2, 0) is 0 Å². The Labute approximate surface area is 102 Å². The van der Waals surface area contributed by atoms with Crippen molar-refractivity contribution >= 4 is 21.9 Å². The molecule has 0 fully saturated rings. The van der Waals surface area contributed by atoms with Crippen LogP contribution in [0.15, 0.2) is 28.9 Å². The number of methoxy groups -OCH3 is 1. The standard InChI is InChI=1S/C11H12BrN3O/c1-13-11-14-6-9(15-11)8-5-7(12)3-4-10(8)16-2/h3-6H,1-2H3,(H2,13,14,15). The maximum Gasteiger partial charge on any atom is 0.200 e. The van der Waals surface area contributed by atoms with E-state index in [1.807, 2.05) is 25.2 Å². The van der Waals surface area contributed by atoms with E-state index in [0.29, 0.717) is 0 Å². The van der Waals surface area contributed by atoms with E-state index in [1.165, 1.54) is 0 Å². The Hall–Kier alpha value is -1.49. The number of nitrogens with zero attached hydrogens (tertiary/aromatic N) is 1. The summed E-state index contributed by atoms with van der Waals surface area (Å²) in [7, 11) is 3.48. The molecule has 1 aromatic carbocycles. The molecule has 0 aliphatic carbocycles. The second-order valence-electron chi connectivity index (χ2n) is 3.24. The number of imidazole rings is 1. The normalized spacial score (nSPS) is 10.2. The van der Waals surface area contributed by atoms with Crippen LogP contribution in [0.2, 0.25) is 0 Å². The van der Waals surface area contributed by atoms with Gasteiger partial charge in [0.1, 0.15) is 5.75 Å². The van der Waals surface area contributed by atoms with Crippen molar-refractivity contribution in [2.75, 3.05) is 19.5 Å². The van der Waals surface area contributed by atoms with Crippen LogP contribution in [0.25, 0.3) is 11.3 Å². The van der Waals surface area contributed by atoms with E-state index in [0.717, 1.165) is 27.4 Å². The molecule has 0 atom stereocenters. The summed E-state index contributed by atoms with van der Waals surface area (Å²) in [5.41, 5.74) is 1.90. The summed E-state index contributed by atoms with van der Waals surface area (Å²) >= 11 is 3.44. The number of aromatic nitrogens is 2. The van der Waals surface area contributed by atoms with Crippen molar-refractivity contribution in [3.63, 3.8) is 0 Å². The predicted octanol–water partition coefficient (Wildman–Crippen LogP) is 2.89. The largest absolute Gasteiger partial charge is 0.496 e. The van der Waals surface area contributed by atoms with Crippen molar-refractivity contribution < 1.29 is 4.74 Å². The van der Waals surface area contributed by atoms with Gasteiger partial charge in [0.2, 0.25) is 0 Å². The number of aromatic amines is 1. The van der Waals surface area contributed by atoms with Crippen LogP contribution in [0.1, 0.15) is 0 Å². The molecule has 1 heterocycles. The topological polar surface area (TPSA) is 49.9 Å². The Kier molecular flexibility index (Phi) is 3.14. The smallest absolute Gasteiger partial charge is 0.200 e. The molecule has 2 N–H and O–H groups in total. The molecule has 0 amide bonds. The number of nitrogens with one attached hydrogen (secondary N) is 2. The second-order valence-corrected chi connectivity index (χ2v) is 4.16. The molecular weight excluding hydrogens is 270 g/mol. The highest BCUT2D eigenvalue weighted by Gasteiger charge is 2.08. The average Bonchev–Trinajstić information content (AvgIpc) is 2.77. The third-order valence-corrected chi connectivity index (χ3v) is 2.76. The summed E-state index contributed by atoms with van der Waals surface area (Å²) in [6, 6.07) is 5.85. The van der Waals surface area contributed by atoms with Crippen molar-refractivity contribution in [3.8, 4) is 17.0 Å². The van der Waals surface area contributed by atoms with Crippen LogP contribution in [0.3, 0.4) is 0 Å². The van der Waals surface area contributed by atoms with Crippen LogP contribution in [0, 0.1) is 0 Å². The molecule has 1 aromatic heterocycles. The van der Waals surface area contributed by atoms with E-state index in [-0.39, 0.29) is 0 Å². The molecule has 0 unspecified atom stereocenters. The molecule has 0 aliphatic rings. The highest BCUT2D eigenvalue weighted by Crippen LogP contribution is 2.31. The molecule has 16 heavy (non-hydrogen) atoms. The fourth-order valence-electron chi connectivity index (χ4n) is 1.48. The predicted molar refractivity (Wildman–Crippen MR) is 67.8 cm³/mol. The molecule has 0 spiro atoms. The molecule has 0 aliphatic heterocycles. The summed E-state index contributed by atoms with van der Waals surface area (Å²) in [5.74, 6) is 1.55. The van der Waals surface area contributed by atoms with Gasteiger partial charge < -0.3 is 15.0 Å². The van der Waals surface area contributed by atoms with Gasteiger partial charge in [-0.2, -0.15) is 0 Å². The minimum absolute atomic E-state index is 0.733. The van der Waals surface area contributed by atoms with E-state index in [2.05, 4.69) is 31.2 Å². The third-order valence-electron chi connectivity index (χ3n) is 2.26. The Morgan fingerprint density at radius 2 is 2.25 bits per heavy atom. The lowest BCUT2D eigenvalue weighted by Crippen LogP contribution is -1.90. The first kappa shape index (κ1) is 11.0. The van der Waals surface area contributed by atoms with Gasteiger partial charge in [-0.25, -0.2) is 4.98 Å². The highest BCUT2D eigenvalue weighted by atomic mass is 79.9. The zero-order valence-corrected chi connectivity index (χ0v) is 10.6. The van der Waals surface area contributed by atoms with Crippen LogP contribution in [0.5, 0.6) is 5.75 Å². The number of benzene rings is 1. The molecule has 0 radical (unpaired) electrons. The van der Waals surface area contributed by atoms with E-state index < -0.39 is 0 Å². The van der Waals surface area contributed by atoms with Gasteiger partial charge in [0.15, 0.2) is 5.95 Å². The lowest BCUT2D eigenvalue weighted by Gasteiger charge is -2.06. The molecule has 2 aromatic rings. The van der Waals surface area contributed by atoms with Gasteiger partial charge in [0.25, 0.3) is 0 Å². The first-order chi connectivity index (χ1) is 7.74. The zero-order valence-electron chi connectivity index (χ0n) is 9.04. The van der Waals surface area contributed by atoms with Gasteiger partial charge in [-0.1, -0.05) is 15.9 Å². The highest BCUT2D eigenvalue weighted by molar-refractivity contribution is 9.10. The number of halogens is 1. The number of hydrogen-bond donors (Lipinski definition) is 2. The number of rotatable bonds is 3. The molecular formula is C11H12BrN3O. The number of anilines is 1. The second kappa shape index (κ2) is 4.57. The van der Waals surface area contributed by atoms with Crippen molar-refractivity contribution in [3.05, 3.63) is 28.9 Å². The lowest BCUT2D eigenvalue weighted by atomic mass is 10.1. The number of hydrogen-bond acceptors (Lipinski definition) is 3. The Morgan fingerprint density at radius 1 is 1.44 bits per heavy atom. The summed E-state index contributed by atoms with van der Waals surface area (Å²) in [4.78, 5) is 7.34. The average molecular weight is 282 g/mol. The van der Waals surface area contributed by atoms with Gasteiger partial charge in [-0.05, 0) is 18.2 Å². The molecule has 4 nitrogen and oxygen atoms in total. The van der Waals surface area contributed by atoms with Gasteiger partial charge >= 0.3 is 0 Å². The quantitative estimate of drug-likeness (QED) is 0.910. The minimum Gasteiger partial charge on any atom is -0.496 e. The van der Waals surface area contributed by atoms with E-state index >= 15 is 0 Å². The van der Waals surface area contributed by atoms with Gasteiger partial charge in [-0.3, -0.25) is 0 Å². The monoisotopic (exact) mass is 281 g/mol. The van der Waals surface area contributed by atoms with E-state index in [9.17, 15) is 0 Å². The molecule has 84 valence electrons. The number of H-pyrrole nitrogens is 1. The molecule has 0 saturated carbocycles. The molecule has 2 rings (SSSR count). The summed E-state index contributed by atoms with van der Waals surface area (Å²) in [6.07, 6.45) is 1.77. The summed E-state index contributed by atoms with van der Waals surface area (Å²) < 4.78 is 6.31. The first-order valence-corrected chi connectivity index (χ1v) is 5.60. The molecule has 0 bridgehead atoms. The minimum atomic E-state index is 0.733. The number of ether oxygens (including phenoxy) is 1. The maximum atomic E-state index is 5.31. The van der Waals surface area contributed by atoms with Crippen LogP contribution >= 0.6 is 15.9 Å².